The van der Waals surface area contributed by atoms with E-state index in [-0.39, 0.29) is 0 Å². The Bertz CT molecular complexity index is 349. The van der Waals surface area contributed by atoms with Gasteiger partial charge in [0.15, 0.2) is 6.29 Å². The highest BCUT2D eigenvalue weighted by Crippen LogP contribution is 2.16. The van der Waals surface area contributed by atoms with Crippen molar-refractivity contribution in [3.63, 3.8) is 0 Å². The summed E-state index contributed by atoms with van der Waals surface area (Å²) in [7, 11) is -2.30. The van der Waals surface area contributed by atoms with Crippen LogP contribution in [0.3, 0.4) is 0 Å². The van der Waals surface area contributed by atoms with E-state index in [1.165, 1.54) is 0 Å². The standard InChI is InChI=1S/C17H30O4Si/c1-3-5-10-14-19-22(20-15-11-6-4-2)21-17(18)16-12-8-7-9-13-16/h7-9,12-13,17-18,22H,3-6,10-11,14-15H2,1-2H3. The quantitative estimate of drug-likeness (QED) is 0.340. The van der Waals surface area contributed by atoms with Gasteiger partial charge in [-0.25, -0.2) is 0 Å². The summed E-state index contributed by atoms with van der Waals surface area (Å²) in [5, 5.41) is 10.1. The monoisotopic (exact) mass is 326 g/mol. The zero-order valence-corrected chi connectivity index (χ0v) is 15.0. The van der Waals surface area contributed by atoms with Crippen molar-refractivity contribution in [2.24, 2.45) is 0 Å². The number of aliphatic hydroxyl groups excluding tert-OH is 1. The minimum absolute atomic E-state index is 0.639. The SMILES string of the molecule is CCCCCO[SiH](OCCCCC)OC(O)c1ccccc1. The first-order valence-corrected chi connectivity index (χ1v) is 9.81. The van der Waals surface area contributed by atoms with Gasteiger partial charge in [-0.2, -0.15) is 0 Å². The molecule has 0 amide bonds. The summed E-state index contributed by atoms with van der Waals surface area (Å²) in [5.74, 6) is 0. The van der Waals surface area contributed by atoms with E-state index in [1.807, 2.05) is 30.3 Å². The Kier molecular flexibility index (Phi) is 11.2. The lowest BCUT2D eigenvalue weighted by Gasteiger charge is -2.20. The molecule has 126 valence electrons. The number of hydrogen-bond acceptors (Lipinski definition) is 4. The summed E-state index contributed by atoms with van der Waals surface area (Å²) in [4.78, 5) is 0. The van der Waals surface area contributed by atoms with Crippen molar-refractivity contribution >= 4 is 9.53 Å². The molecule has 0 aliphatic carbocycles. The predicted octanol–water partition coefficient (Wildman–Crippen LogP) is 3.82. The van der Waals surface area contributed by atoms with E-state index in [4.69, 9.17) is 13.3 Å². The third-order valence-electron chi connectivity index (χ3n) is 3.33. The normalized spacial score (nSPS) is 12.7. The topological polar surface area (TPSA) is 47.9 Å². The van der Waals surface area contributed by atoms with E-state index in [1.54, 1.807) is 0 Å². The summed E-state index contributed by atoms with van der Waals surface area (Å²) in [6, 6.07) is 9.34. The molecule has 0 aliphatic rings. The van der Waals surface area contributed by atoms with Crippen molar-refractivity contribution in [3.05, 3.63) is 35.9 Å². The van der Waals surface area contributed by atoms with Crippen LogP contribution in [-0.2, 0) is 13.3 Å². The van der Waals surface area contributed by atoms with Gasteiger partial charge in [0.2, 0.25) is 0 Å². The maximum absolute atomic E-state index is 10.1. The number of hydrogen-bond donors (Lipinski definition) is 1. The molecule has 5 heteroatoms. The third kappa shape index (κ3) is 8.65. The second-order valence-electron chi connectivity index (χ2n) is 5.34. The maximum Gasteiger partial charge on any atom is 0.486 e. The van der Waals surface area contributed by atoms with Gasteiger partial charge in [0.1, 0.15) is 0 Å². The van der Waals surface area contributed by atoms with Gasteiger partial charge in [0.05, 0.1) is 0 Å². The second kappa shape index (κ2) is 12.8. The molecule has 0 aliphatic heterocycles. The van der Waals surface area contributed by atoms with Crippen LogP contribution in [0.15, 0.2) is 30.3 Å². The minimum Gasteiger partial charge on any atom is -0.376 e. The summed E-state index contributed by atoms with van der Waals surface area (Å²) in [5.41, 5.74) is 0.731. The zero-order valence-electron chi connectivity index (χ0n) is 13.9. The molecule has 0 spiro atoms. The summed E-state index contributed by atoms with van der Waals surface area (Å²) >= 11 is 0. The van der Waals surface area contributed by atoms with Crippen molar-refractivity contribution in [1.29, 1.82) is 0 Å². The Hall–Kier alpha value is -0.723. The van der Waals surface area contributed by atoms with Gasteiger partial charge in [-0.15, -0.1) is 0 Å². The molecule has 4 nitrogen and oxygen atoms in total. The van der Waals surface area contributed by atoms with Gasteiger partial charge in [-0.1, -0.05) is 69.9 Å². The fourth-order valence-corrected chi connectivity index (χ4v) is 3.33. The van der Waals surface area contributed by atoms with Crippen molar-refractivity contribution < 1.29 is 18.4 Å². The Morgan fingerprint density at radius 2 is 1.45 bits per heavy atom. The highest BCUT2D eigenvalue weighted by Gasteiger charge is 2.21. The minimum atomic E-state index is -2.30. The van der Waals surface area contributed by atoms with Crippen LogP contribution >= 0.6 is 0 Å². The molecule has 0 radical (unpaired) electrons. The lowest BCUT2D eigenvalue weighted by molar-refractivity contribution is -0.0659. The van der Waals surface area contributed by atoms with Crippen LogP contribution < -0.4 is 0 Å². The fourth-order valence-electron chi connectivity index (χ4n) is 1.99. The fraction of sp³-hybridized carbons (Fsp3) is 0.647. The average molecular weight is 327 g/mol. The lowest BCUT2D eigenvalue weighted by atomic mass is 10.2. The first-order valence-electron chi connectivity index (χ1n) is 8.39. The van der Waals surface area contributed by atoms with Gasteiger partial charge < -0.3 is 18.4 Å². The van der Waals surface area contributed by atoms with Gasteiger partial charge >= 0.3 is 9.53 Å². The van der Waals surface area contributed by atoms with Gasteiger partial charge in [0.25, 0.3) is 0 Å². The van der Waals surface area contributed by atoms with Crippen LogP contribution in [0.1, 0.15) is 64.2 Å². The van der Waals surface area contributed by atoms with Gasteiger partial charge in [0, 0.05) is 18.8 Å². The highest BCUT2D eigenvalue weighted by molar-refractivity contribution is 6.36. The smallest absolute Gasteiger partial charge is 0.376 e. The van der Waals surface area contributed by atoms with E-state index in [0.717, 1.165) is 44.1 Å². The van der Waals surface area contributed by atoms with E-state index in [2.05, 4.69) is 13.8 Å². The molecular formula is C17H30O4Si. The number of aliphatic hydroxyl groups is 1. The molecule has 1 aromatic carbocycles. The predicted molar refractivity (Wildman–Crippen MR) is 90.6 cm³/mol. The van der Waals surface area contributed by atoms with Crippen LogP contribution in [0.5, 0.6) is 0 Å². The molecule has 0 aromatic heterocycles. The van der Waals surface area contributed by atoms with E-state index in [0.29, 0.717) is 13.2 Å². The van der Waals surface area contributed by atoms with Crippen LogP contribution in [-0.4, -0.2) is 27.8 Å². The second-order valence-corrected chi connectivity index (χ2v) is 6.86. The molecule has 0 heterocycles. The number of benzene rings is 1. The molecule has 0 saturated carbocycles. The van der Waals surface area contributed by atoms with Crippen molar-refractivity contribution in [1.82, 2.24) is 0 Å². The van der Waals surface area contributed by atoms with Gasteiger partial charge in [-0.05, 0) is 12.8 Å². The Morgan fingerprint density at radius 1 is 0.909 bits per heavy atom. The number of unbranched alkanes of at least 4 members (excludes halogenated alkanes) is 4. The average Bonchev–Trinajstić information content (AvgIpc) is 2.56. The van der Waals surface area contributed by atoms with Crippen LogP contribution in [0.25, 0.3) is 0 Å². The molecule has 22 heavy (non-hydrogen) atoms. The summed E-state index contributed by atoms with van der Waals surface area (Å²) in [6.45, 7) is 5.59. The molecule has 0 fully saturated rings. The molecule has 1 aromatic rings. The molecule has 0 bridgehead atoms. The first-order chi connectivity index (χ1) is 10.8. The Morgan fingerprint density at radius 3 is 1.95 bits per heavy atom. The van der Waals surface area contributed by atoms with Crippen molar-refractivity contribution in [2.45, 2.75) is 58.7 Å². The maximum atomic E-state index is 10.1. The third-order valence-corrected chi connectivity index (χ3v) is 4.82. The molecule has 1 unspecified atom stereocenters. The van der Waals surface area contributed by atoms with Crippen molar-refractivity contribution in [3.8, 4) is 0 Å². The molecular weight excluding hydrogens is 296 g/mol. The van der Waals surface area contributed by atoms with Crippen LogP contribution in [0.2, 0.25) is 0 Å². The summed E-state index contributed by atoms with van der Waals surface area (Å²) in [6.07, 6.45) is 5.61. The molecule has 1 N–H and O–H groups in total. The highest BCUT2D eigenvalue weighted by atomic mass is 28.3. The summed E-state index contributed by atoms with van der Waals surface area (Å²) < 4.78 is 17.1. The van der Waals surface area contributed by atoms with E-state index < -0.39 is 15.8 Å². The zero-order chi connectivity index (χ0) is 16.0. The molecule has 0 saturated heterocycles. The van der Waals surface area contributed by atoms with E-state index in [9.17, 15) is 5.11 Å². The Balaban J connectivity index is 2.41. The molecule has 1 rings (SSSR count). The largest absolute Gasteiger partial charge is 0.486 e. The Labute approximate surface area is 136 Å². The first kappa shape index (κ1) is 19.3. The molecule has 1 atom stereocenters. The number of rotatable bonds is 13. The van der Waals surface area contributed by atoms with Crippen LogP contribution in [0.4, 0.5) is 0 Å². The van der Waals surface area contributed by atoms with E-state index >= 15 is 0 Å². The lowest BCUT2D eigenvalue weighted by Crippen LogP contribution is -2.30. The van der Waals surface area contributed by atoms with Crippen LogP contribution in [0, 0.1) is 0 Å². The van der Waals surface area contributed by atoms with Crippen molar-refractivity contribution in [2.75, 3.05) is 13.2 Å². The van der Waals surface area contributed by atoms with Gasteiger partial charge in [-0.3, -0.25) is 0 Å².